The molecule has 0 bridgehead atoms. The first-order valence-corrected chi connectivity index (χ1v) is 6.26. The molecule has 1 aromatic carbocycles. The van der Waals surface area contributed by atoms with Gasteiger partial charge >= 0.3 is 5.97 Å². The molecule has 0 saturated heterocycles. The second-order valence-electron chi connectivity index (χ2n) is 4.52. The van der Waals surface area contributed by atoms with Gasteiger partial charge in [0.05, 0.1) is 5.92 Å². The van der Waals surface area contributed by atoms with Crippen molar-refractivity contribution in [3.05, 3.63) is 35.9 Å². The molecule has 18 heavy (non-hydrogen) atoms. The summed E-state index contributed by atoms with van der Waals surface area (Å²) in [6.45, 7) is 2.40. The first-order valence-electron chi connectivity index (χ1n) is 6.26. The Kier molecular flexibility index (Phi) is 6.39. The van der Waals surface area contributed by atoms with Crippen molar-refractivity contribution in [3.8, 4) is 0 Å². The Morgan fingerprint density at radius 3 is 2.61 bits per heavy atom. The molecule has 0 radical (unpaired) electrons. The summed E-state index contributed by atoms with van der Waals surface area (Å²) in [7, 11) is 3.89. The Hall–Kier alpha value is -1.39. The van der Waals surface area contributed by atoms with Crippen molar-refractivity contribution in [3.63, 3.8) is 0 Å². The van der Waals surface area contributed by atoms with Crippen LogP contribution in [0.15, 0.2) is 30.3 Å². The zero-order valence-corrected chi connectivity index (χ0v) is 11.1. The van der Waals surface area contributed by atoms with Crippen molar-refractivity contribution in [1.29, 1.82) is 0 Å². The molecule has 1 unspecified atom stereocenters. The molecule has 4 heteroatoms. The van der Waals surface area contributed by atoms with Crippen LogP contribution in [0.1, 0.15) is 17.9 Å². The second kappa shape index (κ2) is 7.84. The van der Waals surface area contributed by atoms with E-state index in [-0.39, 0.29) is 0 Å². The van der Waals surface area contributed by atoms with Crippen LogP contribution in [0.5, 0.6) is 0 Å². The number of aliphatic carboxylic acids is 1. The maximum Gasteiger partial charge on any atom is 0.312 e. The summed E-state index contributed by atoms with van der Waals surface area (Å²) in [6.07, 6.45) is 1.02. The van der Waals surface area contributed by atoms with Gasteiger partial charge in [0, 0.05) is 6.54 Å². The number of hydrogen-bond donors (Lipinski definition) is 2. The van der Waals surface area contributed by atoms with Crippen molar-refractivity contribution in [2.45, 2.75) is 12.3 Å². The van der Waals surface area contributed by atoms with Gasteiger partial charge in [-0.3, -0.25) is 4.79 Å². The van der Waals surface area contributed by atoms with Gasteiger partial charge in [0.1, 0.15) is 0 Å². The number of likely N-dealkylation sites (N-methyl/N-ethyl adjacent to an activating group) is 1. The third-order valence-corrected chi connectivity index (χ3v) is 2.96. The lowest BCUT2D eigenvalue weighted by atomic mass is 9.99. The van der Waals surface area contributed by atoms with Gasteiger partial charge < -0.3 is 15.3 Å². The van der Waals surface area contributed by atoms with Crippen LogP contribution in [0, 0.1) is 0 Å². The van der Waals surface area contributed by atoms with Gasteiger partial charge in [0.2, 0.25) is 0 Å². The predicted molar refractivity (Wildman–Crippen MR) is 72.9 cm³/mol. The van der Waals surface area contributed by atoms with Gasteiger partial charge in [-0.25, -0.2) is 0 Å². The quantitative estimate of drug-likeness (QED) is 0.685. The van der Waals surface area contributed by atoms with E-state index in [9.17, 15) is 9.90 Å². The molecule has 0 aromatic heterocycles. The Labute approximate surface area is 109 Å². The Morgan fingerprint density at radius 1 is 1.39 bits per heavy atom. The lowest BCUT2D eigenvalue weighted by Crippen LogP contribution is -2.30. The number of nitrogens with zero attached hydrogens (tertiary/aromatic N) is 1. The summed E-state index contributed by atoms with van der Waals surface area (Å²) in [4.78, 5) is 13.4. The highest BCUT2D eigenvalue weighted by molar-refractivity contribution is 5.76. The minimum atomic E-state index is -0.762. The third kappa shape index (κ3) is 4.85. The van der Waals surface area contributed by atoms with E-state index < -0.39 is 11.9 Å². The maximum absolute atomic E-state index is 11.3. The van der Waals surface area contributed by atoms with Crippen LogP contribution < -0.4 is 5.32 Å². The highest BCUT2D eigenvalue weighted by Crippen LogP contribution is 2.16. The topological polar surface area (TPSA) is 52.6 Å². The summed E-state index contributed by atoms with van der Waals surface area (Å²) in [5, 5.41) is 12.4. The fraction of sp³-hybridized carbons (Fsp3) is 0.500. The number of nitrogens with one attached hydrogen (secondary N) is 1. The lowest BCUT2D eigenvalue weighted by Gasteiger charge is -2.21. The molecule has 1 aromatic rings. The molecule has 0 saturated carbocycles. The highest BCUT2D eigenvalue weighted by Gasteiger charge is 2.20. The van der Waals surface area contributed by atoms with Crippen molar-refractivity contribution >= 4 is 5.97 Å². The van der Waals surface area contributed by atoms with E-state index in [0.717, 1.165) is 25.1 Å². The molecular weight excluding hydrogens is 228 g/mol. The molecule has 100 valence electrons. The summed E-state index contributed by atoms with van der Waals surface area (Å²) < 4.78 is 0. The first-order chi connectivity index (χ1) is 8.65. The van der Waals surface area contributed by atoms with Gasteiger partial charge in [0.25, 0.3) is 0 Å². The smallest absolute Gasteiger partial charge is 0.312 e. The number of benzene rings is 1. The molecular formula is C14H22N2O2. The van der Waals surface area contributed by atoms with Crippen LogP contribution in [0.3, 0.4) is 0 Å². The molecule has 1 rings (SSSR count). The zero-order chi connectivity index (χ0) is 13.4. The minimum absolute atomic E-state index is 0.453. The van der Waals surface area contributed by atoms with E-state index in [1.165, 1.54) is 0 Å². The normalized spacial score (nSPS) is 12.6. The summed E-state index contributed by atoms with van der Waals surface area (Å²) >= 11 is 0. The molecule has 0 fully saturated rings. The van der Waals surface area contributed by atoms with Gasteiger partial charge in [-0.1, -0.05) is 30.3 Å². The summed E-state index contributed by atoms with van der Waals surface area (Å²) in [6, 6.07) is 9.41. The molecule has 0 amide bonds. The van der Waals surface area contributed by atoms with E-state index in [0.29, 0.717) is 6.54 Å². The van der Waals surface area contributed by atoms with Gasteiger partial charge in [-0.15, -0.1) is 0 Å². The monoisotopic (exact) mass is 250 g/mol. The van der Waals surface area contributed by atoms with E-state index in [2.05, 4.69) is 10.2 Å². The van der Waals surface area contributed by atoms with Gasteiger partial charge in [0.15, 0.2) is 0 Å². The van der Waals surface area contributed by atoms with Crippen LogP contribution in [-0.2, 0) is 4.79 Å². The van der Waals surface area contributed by atoms with Gasteiger partial charge in [-0.2, -0.15) is 0 Å². The van der Waals surface area contributed by atoms with Crippen LogP contribution in [0.2, 0.25) is 0 Å². The molecule has 1 atom stereocenters. The summed E-state index contributed by atoms with van der Waals surface area (Å²) in [5.74, 6) is -1.22. The van der Waals surface area contributed by atoms with Crippen molar-refractivity contribution in [2.75, 3.05) is 33.7 Å². The number of carboxylic acid groups (broad SMARTS) is 1. The van der Waals surface area contributed by atoms with Gasteiger partial charge in [-0.05, 0) is 39.2 Å². The zero-order valence-electron chi connectivity index (χ0n) is 11.1. The Balaban J connectivity index is 2.56. The van der Waals surface area contributed by atoms with E-state index in [4.69, 9.17) is 0 Å². The van der Waals surface area contributed by atoms with Crippen LogP contribution in [0.25, 0.3) is 0 Å². The van der Waals surface area contributed by atoms with E-state index in [1.54, 1.807) is 0 Å². The van der Waals surface area contributed by atoms with Crippen LogP contribution in [-0.4, -0.2) is 49.7 Å². The standard InChI is InChI=1S/C14H22N2O2/c1-15-9-6-10-16(2)11-13(14(17)18)12-7-4-3-5-8-12/h3-5,7-8,13,15H,6,9-11H2,1-2H3,(H,17,18). The molecule has 0 heterocycles. The Morgan fingerprint density at radius 2 is 2.06 bits per heavy atom. The van der Waals surface area contributed by atoms with Crippen LogP contribution >= 0.6 is 0 Å². The third-order valence-electron chi connectivity index (χ3n) is 2.96. The Bertz CT molecular complexity index is 354. The average Bonchev–Trinajstić information content (AvgIpc) is 2.37. The second-order valence-corrected chi connectivity index (χ2v) is 4.52. The SMILES string of the molecule is CNCCCN(C)CC(C(=O)O)c1ccccc1. The highest BCUT2D eigenvalue weighted by atomic mass is 16.4. The molecule has 0 aliphatic carbocycles. The maximum atomic E-state index is 11.3. The van der Waals surface area contributed by atoms with Crippen LogP contribution in [0.4, 0.5) is 0 Å². The van der Waals surface area contributed by atoms with E-state index >= 15 is 0 Å². The molecule has 0 spiro atoms. The fourth-order valence-corrected chi connectivity index (χ4v) is 1.94. The van der Waals surface area contributed by atoms with E-state index in [1.807, 2.05) is 44.4 Å². The summed E-state index contributed by atoms with van der Waals surface area (Å²) in [5.41, 5.74) is 0.866. The molecule has 0 aliphatic heterocycles. The minimum Gasteiger partial charge on any atom is -0.481 e. The number of rotatable bonds is 8. The molecule has 0 aliphatic rings. The average molecular weight is 250 g/mol. The van der Waals surface area contributed by atoms with Crippen molar-refractivity contribution < 1.29 is 9.90 Å². The predicted octanol–water partition coefficient (Wildman–Crippen LogP) is 1.40. The number of carbonyl (C=O) groups is 1. The molecule has 4 nitrogen and oxygen atoms in total. The van der Waals surface area contributed by atoms with Crippen molar-refractivity contribution in [2.24, 2.45) is 0 Å². The molecule has 2 N–H and O–H groups in total. The number of hydrogen-bond acceptors (Lipinski definition) is 3. The largest absolute Gasteiger partial charge is 0.481 e. The lowest BCUT2D eigenvalue weighted by molar-refractivity contribution is -0.139. The fourth-order valence-electron chi connectivity index (χ4n) is 1.94. The first kappa shape index (κ1) is 14.7. The van der Waals surface area contributed by atoms with Crippen molar-refractivity contribution in [1.82, 2.24) is 10.2 Å². The number of carboxylic acids is 1.